The summed E-state index contributed by atoms with van der Waals surface area (Å²) in [4.78, 5) is 2.58. The second-order valence-corrected chi connectivity index (χ2v) is 4.83. The molecule has 1 nitrogen and oxygen atoms in total. The third-order valence-electron chi connectivity index (χ3n) is 3.14. The van der Waals surface area contributed by atoms with Gasteiger partial charge in [0.05, 0.1) is 0 Å². The fourth-order valence-electron chi connectivity index (χ4n) is 2.54. The van der Waals surface area contributed by atoms with Crippen molar-refractivity contribution in [1.29, 1.82) is 0 Å². The molecular weight excluding hydrogens is 182 g/mol. The van der Waals surface area contributed by atoms with Gasteiger partial charge in [-0.2, -0.15) is 0 Å². The van der Waals surface area contributed by atoms with E-state index in [1.807, 2.05) is 0 Å². The molecule has 0 saturated carbocycles. The van der Waals surface area contributed by atoms with E-state index in [1.165, 1.54) is 49.0 Å². The monoisotopic (exact) mass is 203 g/mol. The van der Waals surface area contributed by atoms with Crippen molar-refractivity contribution in [2.24, 2.45) is 0 Å². The number of piperidine rings is 1. The smallest absolute Gasteiger partial charge is 0.0233 e. The standard InChI is InChI=1S/C14H21N/c1-12-8-13(2)10-14(9-12)11-15-6-4-3-5-7-15/h8-10H,3-7,11H2,1-2H3. The first kappa shape index (κ1) is 10.7. The molecule has 1 aliphatic rings. The Labute approximate surface area is 93.1 Å². The zero-order valence-corrected chi connectivity index (χ0v) is 9.92. The predicted molar refractivity (Wildman–Crippen MR) is 65.0 cm³/mol. The zero-order chi connectivity index (χ0) is 10.7. The van der Waals surface area contributed by atoms with Crippen molar-refractivity contribution in [1.82, 2.24) is 4.90 Å². The van der Waals surface area contributed by atoms with Crippen LogP contribution in [0.5, 0.6) is 0 Å². The van der Waals surface area contributed by atoms with Crippen LogP contribution in [0.3, 0.4) is 0 Å². The maximum atomic E-state index is 2.58. The van der Waals surface area contributed by atoms with Crippen LogP contribution in [0.1, 0.15) is 36.0 Å². The quantitative estimate of drug-likeness (QED) is 0.713. The lowest BCUT2D eigenvalue weighted by Gasteiger charge is -2.26. The third kappa shape index (κ3) is 3.07. The molecular formula is C14H21N. The molecule has 1 aliphatic heterocycles. The Hall–Kier alpha value is -0.820. The fraction of sp³-hybridized carbons (Fsp3) is 0.571. The highest BCUT2D eigenvalue weighted by Gasteiger charge is 2.10. The molecule has 1 saturated heterocycles. The van der Waals surface area contributed by atoms with Gasteiger partial charge in [0, 0.05) is 6.54 Å². The summed E-state index contributed by atoms with van der Waals surface area (Å²) in [7, 11) is 0. The highest BCUT2D eigenvalue weighted by molar-refractivity contribution is 5.28. The summed E-state index contributed by atoms with van der Waals surface area (Å²) in [5.74, 6) is 0. The summed E-state index contributed by atoms with van der Waals surface area (Å²) in [5, 5.41) is 0. The van der Waals surface area contributed by atoms with Gasteiger partial charge in [0.1, 0.15) is 0 Å². The molecule has 0 N–H and O–H groups in total. The highest BCUT2D eigenvalue weighted by atomic mass is 15.1. The molecule has 1 fully saturated rings. The topological polar surface area (TPSA) is 3.24 Å². The first-order valence-electron chi connectivity index (χ1n) is 6.03. The molecule has 0 aliphatic carbocycles. The molecule has 2 rings (SSSR count). The van der Waals surface area contributed by atoms with Gasteiger partial charge in [-0.05, 0) is 45.3 Å². The average Bonchev–Trinajstić information content (AvgIpc) is 2.17. The minimum atomic E-state index is 1.14. The van der Waals surface area contributed by atoms with Crippen molar-refractivity contribution in [3.05, 3.63) is 34.9 Å². The van der Waals surface area contributed by atoms with E-state index < -0.39 is 0 Å². The molecule has 0 spiro atoms. The van der Waals surface area contributed by atoms with Crippen LogP contribution >= 0.6 is 0 Å². The van der Waals surface area contributed by atoms with Crippen molar-refractivity contribution >= 4 is 0 Å². The lowest BCUT2D eigenvalue weighted by Crippen LogP contribution is -2.29. The SMILES string of the molecule is Cc1cc(C)cc(CN2CCCCC2)c1. The third-order valence-corrected chi connectivity index (χ3v) is 3.14. The Morgan fingerprint density at radius 1 is 0.933 bits per heavy atom. The number of likely N-dealkylation sites (tertiary alicyclic amines) is 1. The van der Waals surface area contributed by atoms with E-state index in [0.717, 1.165) is 6.54 Å². The Morgan fingerprint density at radius 3 is 2.13 bits per heavy atom. The van der Waals surface area contributed by atoms with E-state index >= 15 is 0 Å². The summed E-state index contributed by atoms with van der Waals surface area (Å²) >= 11 is 0. The highest BCUT2D eigenvalue weighted by Crippen LogP contribution is 2.15. The van der Waals surface area contributed by atoms with Crippen molar-refractivity contribution < 1.29 is 0 Å². The van der Waals surface area contributed by atoms with Crippen LogP contribution in [0.15, 0.2) is 18.2 Å². The molecule has 0 unspecified atom stereocenters. The van der Waals surface area contributed by atoms with Gasteiger partial charge in [-0.1, -0.05) is 35.7 Å². The first-order chi connectivity index (χ1) is 7.24. The first-order valence-corrected chi connectivity index (χ1v) is 6.03. The van der Waals surface area contributed by atoms with Gasteiger partial charge in [-0.15, -0.1) is 0 Å². The number of hydrogen-bond acceptors (Lipinski definition) is 1. The minimum Gasteiger partial charge on any atom is -0.299 e. The molecule has 1 heteroatoms. The van der Waals surface area contributed by atoms with Gasteiger partial charge in [-0.3, -0.25) is 4.90 Å². The van der Waals surface area contributed by atoms with Gasteiger partial charge in [0.15, 0.2) is 0 Å². The fourth-order valence-corrected chi connectivity index (χ4v) is 2.54. The zero-order valence-electron chi connectivity index (χ0n) is 9.92. The van der Waals surface area contributed by atoms with Crippen molar-refractivity contribution in [3.8, 4) is 0 Å². The molecule has 1 aromatic rings. The van der Waals surface area contributed by atoms with Crippen LogP contribution in [-0.2, 0) is 6.54 Å². The summed E-state index contributed by atoms with van der Waals surface area (Å²) in [5.41, 5.74) is 4.26. The number of hydrogen-bond donors (Lipinski definition) is 0. The number of aryl methyl sites for hydroxylation is 2. The number of rotatable bonds is 2. The summed E-state index contributed by atoms with van der Waals surface area (Å²) in [6.07, 6.45) is 4.18. The van der Waals surface area contributed by atoms with Crippen molar-refractivity contribution in [2.45, 2.75) is 39.7 Å². The molecule has 0 atom stereocenters. The Morgan fingerprint density at radius 2 is 1.53 bits per heavy atom. The van der Waals surface area contributed by atoms with Crippen LogP contribution in [-0.4, -0.2) is 18.0 Å². The van der Waals surface area contributed by atoms with E-state index in [2.05, 4.69) is 36.9 Å². The summed E-state index contributed by atoms with van der Waals surface area (Å²) in [6.45, 7) is 8.09. The molecule has 0 radical (unpaired) electrons. The Bertz CT molecular complexity index is 304. The van der Waals surface area contributed by atoms with Crippen molar-refractivity contribution in [3.63, 3.8) is 0 Å². The maximum absolute atomic E-state index is 2.58. The van der Waals surface area contributed by atoms with Gasteiger partial charge in [0.25, 0.3) is 0 Å². The van der Waals surface area contributed by atoms with Gasteiger partial charge < -0.3 is 0 Å². The van der Waals surface area contributed by atoms with Crippen LogP contribution in [0.4, 0.5) is 0 Å². The van der Waals surface area contributed by atoms with E-state index in [0.29, 0.717) is 0 Å². The van der Waals surface area contributed by atoms with Crippen LogP contribution in [0, 0.1) is 13.8 Å². The average molecular weight is 203 g/mol. The van der Waals surface area contributed by atoms with Crippen LogP contribution < -0.4 is 0 Å². The normalized spacial score (nSPS) is 18.0. The van der Waals surface area contributed by atoms with Gasteiger partial charge in [0.2, 0.25) is 0 Å². The van der Waals surface area contributed by atoms with E-state index in [-0.39, 0.29) is 0 Å². The largest absolute Gasteiger partial charge is 0.299 e. The van der Waals surface area contributed by atoms with E-state index in [4.69, 9.17) is 0 Å². The number of nitrogens with zero attached hydrogens (tertiary/aromatic N) is 1. The molecule has 0 aromatic heterocycles. The summed E-state index contributed by atoms with van der Waals surface area (Å²) < 4.78 is 0. The minimum absolute atomic E-state index is 1.14. The van der Waals surface area contributed by atoms with E-state index in [1.54, 1.807) is 0 Å². The lowest BCUT2D eigenvalue weighted by atomic mass is 10.1. The lowest BCUT2D eigenvalue weighted by molar-refractivity contribution is 0.221. The van der Waals surface area contributed by atoms with Crippen LogP contribution in [0.2, 0.25) is 0 Å². The van der Waals surface area contributed by atoms with E-state index in [9.17, 15) is 0 Å². The molecule has 82 valence electrons. The second-order valence-electron chi connectivity index (χ2n) is 4.83. The van der Waals surface area contributed by atoms with Gasteiger partial charge in [-0.25, -0.2) is 0 Å². The molecule has 1 aromatic carbocycles. The van der Waals surface area contributed by atoms with Crippen molar-refractivity contribution in [2.75, 3.05) is 13.1 Å². The van der Waals surface area contributed by atoms with Crippen LogP contribution in [0.25, 0.3) is 0 Å². The maximum Gasteiger partial charge on any atom is 0.0233 e. The summed E-state index contributed by atoms with van der Waals surface area (Å²) in [6, 6.07) is 6.89. The molecule has 1 heterocycles. The second kappa shape index (κ2) is 4.80. The molecule has 0 bridgehead atoms. The van der Waals surface area contributed by atoms with Gasteiger partial charge >= 0.3 is 0 Å². The Kier molecular flexibility index (Phi) is 3.42. The Balaban J connectivity index is 2.02. The number of benzene rings is 1. The molecule has 15 heavy (non-hydrogen) atoms. The molecule has 0 amide bonds. The predicted octanol–water partition coefficient (Wildman–Crippen LogP) is 3.29.